The van der Waals surface area contributed by atoms with Gasteiger partial charge in [0.25, 0.3) is 0 Å². The van der Waals surface area contributed by atoms with Crippen LogP contribution in [0.25, 0.3) is 0 Å². The van der Waals surface area contributed by atoms with Gasteiger partial charge < -0.3 is 14.6 Å². The molecule has 0 amide bonds. The lowest BCUT2D eigenvalue weighted by molar-refractivity contribution is 0.0645. The fraction of sp³-hybridized carbons (Fsp3) is 0.250. The summed E-state index contributed by atoms with van der Waals surface area (Å²) in [6, 6.07) is 11.0. The third kappa shape index (κ3) is 2.89. The van der Waals surface area contributed by atoms with Crippen molar-refractivity contribution >= 4 is 27.5 Å². The highest BCUT2D eigenvalue weighted by molar-refractivity contribution is 9.10. The molecule has 0 fully saturated rings. The monoisotopic (exact) mass is 368 g/mol. The Morgan fingerprint density at radius 2 is 2.05 bits per heavy atom. The van der Waals surface area contributed by atoms with Crippen molar-refractivity contribution in [2.75, 3.05) is 7.11 Å². The fourth-order valence-corrected chi connectivity index (χ4v) is 3.12. The van der Waals surface area contributed by atoms with E-state index in [-0.39, 0.29) is 6.10 Å². The molecule has 2 unspecified atom stereocenters. The summed E-state index contributed by atoms with van der Waals surface area (Å²) in [7, 11) is 1.62. The van der Waals surface area contributed by atoms with Crippen LogP contribution in [0, 0.1) is 0 Å². The van der Waals surface area contributed by atoms with Gasteiger partial charge in [-0.05, 0) is 36.4 Å². The van der Waals surface area contributed by atoms with Crippen molar-refractivity contribution in [2.45, 2.75) is 18.6 Å². The Morgan fingerprint density at radius 1 is 1.24 bits per heavy atom. The molecule has 1 aliphatic heterocycles. The van der Waals surface area contributed by atoms with E-state index in [4.69, 9.17) is 21.1 Å². The van der Waals surface area contributed by atoms with Crippen molar-refractivity contribution in [1.82, 2.24) is 0 Å². The van der Waals surface area contributed by atoms with Crippen molar-refractivity contribution in [1.29, 1.82) is 0 Å². The first kappa shape index (κ1) is 14.7. The summed E-state index contributed by atoms with van der Waals surface area (Å²) in [6.07, 6.45) is -0.414. The third-order valence-electron chi connectivity index (χ3n) is 3.58. The first-order valence-electron chi connectivity index (χ1n) is 6.56. The Hall–Kier alpha value is -1.23. The lowest BCUT2D eigenvalue weighted by Gasteiger charge is -2.30. The summed E-state index contributed by atoms with van der Waals surface area (Å²) in [4.78, 5) is 0. The van der Waals surface area contributed by atoms with Crippen LogP contribution in [0.1, 0.15) is 29.8 Å². The molecule has 0 bridgehead atoms. The van der Waals surface area contributed by atoms with Crippen molar-refractivity contribution in [3.05, 3.63) is 57.0 Å². The summed E-state index contributed by atoms with van der Waals surface area (Å²) in [5.41, 5.74) is 1.64. The first-order chi connectivity index (χ1) is 10.1. The van der Waals surface area contributed by atoms with Gasteiger partial charge in [-0.2, -0.15) is 0 Å². The van der Waals surface area contributed by atoms with Crippen molar-refractivity contribution in [3.63, 3.8) is 0 Å². The predicted molar refractivity (Wildman–Crippen MR) is 85.1 cm³/mol. The summed E-state index contributed by atoms with van der Waals surface area (Å²) >= 11 is 9.43. The molecule has 2 aromatic rings. The van der Waals surface area contributed by atoms with Crippen LogP contribution in [0.15, 0.2) is 40.9 Å². The van der Waals surface area contributed by atoms with E-state index in [1.807, 2.05) is 18.2 Å². The van der Waals surface area contributed by atoms with E-state index >= 15 is 0 Å². The number of hydrogen-bond donors (Lipinski definition) is 1. The van der Waals surface area contributed by atoms with Gasteiger partial charge in [0, 0.05) is 27.0 Å². The Labute approximate surface area is 136 Å². The zero-order chi connectivity index (χ0) is 15.0. The normalized spacial score (nSPS) is 20.6. The molecule has 3 rings (SSSR count). The molecule has 0 saturated carbocycles. The highest BCUT2D eigenvalue weighted by Gasteiger charge is 2.30. The Bertz CT molecular complexity index is 675. The molecule has 5 heteroatoms. The number of methoxy groups -OCH3 is 1. The molecule has 0 aromatic heterocycles. The van der Waals surface area contributed by atoms with Crippen LogP contribution in [-0.4, -0.2) is 12.2 Å². The average molecular weight is 370 g/mol. The molecule has 2 aromatic carbocycles. The third-order valence-corrected chi connectivity index (χ3v) is 4.30. The number of fused-ring (bicyclic) bond motifs is 1. The molecule has 0 saturated heterocycles. The molecule has 1 aliphatic rings. The number of aliphatic hydroxyl groups is 1. The maximum absolute atomic E-state index is 10.4. The smallest absolute Gasteiger partial charge is 0.130 e. The predicted octanol–water partition coefficient (Wildman–Crippen LogP) is 4.67. The number of rotatable bonds is 2. The van der Waals surface area contributed by atoms with Crippen LogP contribution in [-0.2, 0) is 0 Å². The summed E-state index contributed by atoms with van der Waals surface area (Å²) in [5, 5.41) is 11.0. The zero-order valence-corrected chi connectivity index (χ0v) is 13.7. The molecular formula is C16H14BrClO3. The van der Waals surface area contributed by atoms with Crippen molar-refractivity contribution in [2.24, 2.45) is 0 Å². The van der Waals surface area contributed by atoms with Gasteiger partial charge in [0.2, 0.25) is 0 Å². The van der Waals surface area contributed by atoms with Gasteiger partial charge in [-0.25, -0.2) is 0 Å². The van der Waals surface area contributed by atoms with Crippen LogP contribution in [0.4, 0.5) is 0 Å². The fourth-order valence-electron chi connectivity index (χ4n) is 2.57. The van der Waals surface area contributed by atoms with Gasteiger partial charge in [0.1, 0.15) is 17.6 Å². The maximum atomic E-state index is 10.4. The standard InChI is InChI=1S/C16H14BrClO3/c1-20-14-4-2-9(17)6-12(14)16-8-13(19)11-7-10(18)3-5-15(11)21-16/h2-7,13,16,19H,8H2,1H3. The Balaban J connectivity index is 1.99. The second kappa shape index (κ2) is 5.87. The molecule has 21 heavy (non-hydrogen) atoms. The molecule has 1 N–H and O–H groups in total. The minimum Gasteiger partial charge on any atom is -0.496 e. The minimum absolute atomic E-state index is 0.263. The van der Waals surface area contributed by atoms with Crippen LogP contribution in [0.3, 0.4) is 0 Å². The van der Waals surface area contributed by atoms with E-state index < -0.39 is 6.10 Å². The van der Waals surface area contributed by atoms with E-state index in [0.717, 1.165) is 21.3 Å². The zero-order valence-electron chi connectivity index (χ0n) is 11.3. The Morgan fingerprint density at radius 3 is 2.81 bits per heavy atom. The summed E-state index contributed by atoms with van der Waals surface area (Å²) in [5.74, 6) is 1.40. The van der Waals surface area contributed by atoms with E-state index in [2.05, 4.69) is 15.9 Å². The van der Waals surface area contributed by atoms with Crippen LogP contribution < -0.4 is 9.47 Å². The van der Waals surface area contributed by atoms with Crippen LogP contribution >= 0.6 is 27.5 Å². The lowest BCUT2D eigenvalue weighted by atomic mass is 9.94. The molecule has 0 spiro atoms. The second-order valence-corrected chi connectivity index (χ2v) is 6.28. The van der Waals surface area contributed by atoms with Crippen LogP contribution in [0.5, 0.6) is 11.5 Å². The van der Waals surface area contributed by atoms with E-state index in [1.54, 1.807) is 25.3 Å². The quantitative estimate of drug-likeness (QED) is 0.836. The topological polar surface area (TPSA) is 38.7 Å². The SMILES string of the molecule is COc1ccc(Br)cc1C1CC(O)c2cc(Cl)ccc2O1. The summed E-state index contributed by atoms with van der Waals surface area (Å²) < 4.78 is 12.4. The Kier molecular flexibility index (Phi) is 4.11. The van der Waals surface area contributed by atoms with Gasteiger partial charge in [-0.15, -0.1) is 0 Å². The highest BCUT2D eigenvalue weighted by atomic mass is 79.9. The molecule has 1 heterocycles. The maximum Gasteiger partial charge on any atom is 0.130 e. The van der Waals surface area contributed by atoms with Crippen molar-refractivity contribution in [3.8, 4) is 11.5 Å². The van der Waals surface area contributed by atoms with Gasteiger partial charge in [-0.3, -0.25) is 0 Å². The largest absolute Gasteiger partial charge is 0.496 e. The second-order valence-electron chi connectivity index (χ2n) is 4.93. The van der Waals surface area contributed by atoms with Gasteiger partial charge in [0.15, 0.2) is 0 Å². The van der Waals surface area contributed by atoms with Gasteiger partial charge in [0.05, 0.1) is 13.2 Å². The number of ether oxygens (including phenoxy) is 2. The van der Waals surface area contributed by atoms with E-state index in [0.29, 0.717) is 17.2 Å². The molecular weight excluding hydrogens is 356 g/mol. The number of halogens is 2. The molecule has 3 nitrogen and oxygen atoms in total. The molecule has 0 aliphatic carbocycles. The average Bonchev–Trinajstić information content (AvgIpc) is 2.47. The molecule has 0 radical (unpaired) electrons. The van der Waals surface area contributed by atoms with Crippen LogP contribution in [0.2, 0.25) is 5.02 Å². The first-order valence-corrected chi connectivity index (χ1v) is 7.73. The van der Waals surface area contributed by atoms with Gasteiger partial charge in [-0.1, -0.05) is 27.5 Å². The summed E-state index contributed by atoms with van der Waals surface area (Å²) in [6.45, 7) is 0. The lowest BCUT2D eigenvalue weighted by Crippen LogP contribution is -2.19. The molecule has 2 atom stereocenters. The van der Waals surface area contributed by atoms with E-state index in [1.165, 1.54) is 0 Å². The number of hydrogen-bond acceptors (Lipinski definition) is 3. The number of aliphatic hydroxyl groups excluding tert-OH is 1. The highest BCUT2D eigenvalue weighted by Crippen LogP contribution is 2.44. The number of benzene rings is 2. The van der Waals surface area contributed by atoms with Crippen molar-refractivity contribution < 1.29 is 14.6 Å². The van der Waals surface area contributed by atoms with E-state index in [9.17, 15) is 5.11 Å². The molecule has 110 valence electrons. The minimum atomic E-state index is -0.610. The van der Waals surface area contributed by atoms with Gasteiger partial charge >= 0.3 is 0 Å².